The summed E-state index contributed by atoms with van der Waals surface area (Å²) >= 11 is 0. The first kappa shape index (κ1) is 15.4. The van der Waals surface area contributed by atoms with Crippen LogP contribution < -0.4 is 9.47 Å². The fourth-order valence-electron chi connectivity index (χ4n) is 3.71. The molecule has 0 amide bonds. The van der Waals surface area contributed by atoms with Crippen LogP contribution in [0.3, 0.4) is 0 Å². The van der Waals surface area contributed by atoms with E-state index in [-0.39, 0.29) is 0 Å². The number of likely N-dealkylation sites (tertiary alicyclic amines) is 1. The first-order valence-electron chi connectivity index (χ1n) is 8.65. The van der Waals surface area contributed by atoms with Crippen LogP contribution in [0.25, 0.3) is 0 Å². The molecule has 1 aromatic heterocycles. The Labute approximate surface area is 141 Å². The highest BCUT2D eigenvalue weighted by molar-refractivity contribution is 5.44. The van der Waals surface area contributed by atoms with Gasteiger partial charge in [-0.15, -0.1) is 0 Å². The maximum absolute atomic E-state index is 5.47. The molecule has 2 aromatic rings. The Morgan fingerprint density at radius 3 is 2.83 bits per heavy atom. The molecule has 0 aliphatic carbocycles. The Kier molecular flexibility index (Phi) is 4.38. The Balaban J connectivity index is 1.27. The minimum atomic E-state index is 0.337. The summed E-state index contributed by atoms with van der Waals surface area (Å²) in [7, 11) is 0. The second kappa shape index (κ2) is 6.81. The fraction of sp³-hybridized carbons (Fsp3) is 0.556. The van der Waals surface area contributed by atoms with Crippen LogP contribution in [0.2, 0.25) is 0 Å². The van der Waals surface area contributed by atoms with E-state index in [0.717, 1.165) is 56.2 Å². The zero-order valence-corrected chi connectivity index (χ0v) is 14.0. The van der Waals surface area contributed by atoms with E-state index in [0.29, 0.717) is 18.6 Å². The molecule has 128 valence electrons. The number of hydrogen-bond donors (Lipinski definition) is 0. The quantitative estimate of drug-likeness (QED) is 0.840. The number of benzene rings is 1. The van der Waals surface area contributed by atoms with Crippen LogP contribution in [0, 0.1) is 5.92 Å². The highest BCUT2D eigenvalue weighted by Crippen LogP contribution is 2.33. The van der Waals surface area contributed by atoms with E-state index in [9.17, 15) is 0 Å². The first-order valence-corrected chi connectivity index (χ1v) is 8.65. The van der Waals surface area contributed by atoms with Crippen molar-refractivity contribution in [2.75, 3.05) is 26.4 Å². The van der Waals surface area contributed by atoms with E-state index in [1.54, 1.807) is 0 Å². The molecule has 1 saturated heterocycles. The summed E-state index contributed by atoms with van der Waals surface area (Å²) in [5.41, 5.74) is 1.31. The van der Waals surface area contributed by atoms with Gasteiger partial charge in [0, 0.05) is 12.5 Å². The molecule has 1 unspecified atom stereocenters. The third-order valence-electron chi connectivity index (χ3n) is 4.92. The van der Waals surface area contributed by atoms with Gasteiger partial charge in [-0.3, -0.25) is 0 Å². The Bertz CT molecular complexity index is 666. The van der Waals surface area contributed by atoms with Gasteiger partial charge in [0.05, 0.1) is 0 Å². The molecule has 2 aliphatic rings. The van der Waals surface area contributed by atoms with E-state index in [4.69, 9.17) is 14.0 Å². The number of piperidine rings is 1. The van der Waals surface area contributed by atoms with Crippen LogP contribution in [0.5, 0.6) is 11.5 Å². The number of aromatic nitrogens is 2. The normalized spacial score (nSPS) is 19.5. The lowest BCUT2D eigenvalue weighted by atomic mass is 9.94. The van der Waals surface area contributed by atoms with Crippen molar-refractivity contribution in [1.29, 1.82) is 0 Å². The van der Waals surface area contributed by atoms with Crippen molar-refractivity contribution in [3.05, 3.63) is 36.0 Å². The van der Waals surface area contributed by atoms with E-state index in [1.165, 1.54) is 12.0 Å². The second-order valence-electron chi connectivity index (χ2n) is 6.86. The standard InChI is InChI=1S/C18H23N3O3/c1-13(8-14-2-3-16-17(9-14)23-12-22-16)10-21-6-4-15(5-7-21)18-19-11-24-20-18/h2-3,9,11,13,15H,4-8,10,12H2,1H3. The van der Waals surface area contributed by atoms with Crippen molar-refractivity contribution in [1.82, 2.24) is 15.0 Å². The molecule has 3 heterocycles. The highest BCUT2D eigenvalue weighted by Gasteiger charge is 2.24. The van der Waals surface area contributed by atoms with Gasteiger partial charge < -0.3 is 18.9 Å². The van der Waals surface area contributed by atoms with Crippen molar-refractivity contribution >= 4 is 0 Å². The summed E-state index contributed by atoms with van der Waals surface area (Å²) in [5, 5.41) is 3.98. The average molecular weight is 329 g/mol. The summed E-state index contributed by atoms with van der Waals surface area (Å²) in [5.74, 6) is 3.65. The van der Waals surface area contributed by atoms with Gasteiger partial charge in [0.15, 0.2) is 17.3 Å². The molecule has 6 nitrogen and oxygen atoms in total. The third kappa shape index (κ3) is 3.38. The predicted molar refractivity (Wildman–Crippen MR) is 88.1 cm³/mol. The van der Waals surface area contributed by atoms with Crippen LogP contribution in [-0.2, 0) is 6.42 Å². The molecule has 6 heteroatoms. The van der Waals surface area contributed by atoms with Crippen LogP contribution in [0.4, 0.5) is 0 Å². The van der Waals surface area contributed by atoms with Crippen molar-refractivity contribution in [2.24, 2.45) is 5.92 Å². The molecule has 0 N–H and O–H groups in total. The van der Waals surface area contributed by atoms with Gasteiger partial charge in [0.1, 0.15) is 0 Å². The molecule has 1 atom stereocenters. The predicted octanol–water partition coefficient (Wildman–Crippen LogP) is 2.86. The number of ether oxygens (including phenoxy) is 2. The van der Waals surface area contributed by atoms with E-state index in [1.807, 2.05) is 6.07 Å². The van der Waals surface area contributed by atoms with Gasteiger partial charge in [-0.1, -0.05) is 18.1 Å². The second-order valence-corrected chi connectivity index (χ2v) is 6.86. The smallest absolute Gasteiger partial charge is 0.231 e. The minimum Gasteiger partial charge on any atom is -0.454 e. The molecule has 0 radical (unpaired) electrons. The van der Waals surface area contributed by atoms with E-state index >= 15 is 0 Å². The molecule has 24 heavy (non-hydrogen) atoms. The molecule has 4 rings (SSSR count). The number of fused-ring (bicyclic) bond motifs is 1. The van der Waals surface area contributed by atoms with Gasteiger partial charge in [0.2, 0.25) is 13.2 Å². The monoisotopic (exact) mass is 329 g/mol. The van der Waals surface area contributed by atoms with Crippen molar-refractivity contribution in [3.8, 4) is 11.5 Å². The zero-order valence-electron chi connectivity index (χ0n) is 14.0. The van der Waals surface area contributed by atoms with Crippen LogP contribution in [0.15, 0.2) is 29.1 Å². The Morgan fingerprint density at radius 2 is 2.04 bits per heavy atom. The van der Waals surface area contributed by atoms with Crippen LogP contribution >= 0.6 is 0 Å². The Hall–Kier alpha value is -2.08. The summed E-state index contributed by atoms with van der Waals surface area (Å²) in [6.07, 6.45) is 4.70. The summed E-state index contributed by atoms with van der Waals surface area (Å²) in [6.45, 7) is 5.97. The molecule has 1 aromatic carbocycles. The summed E-state index contributed by atoms with van der Waals surface area (Å²) < 4.78 is 15.7. The lowest BCUT2D eigenvalue weighted by Crippen LogP contribution is -2.36. The highest BCUT2D eigenvalue weighted by atomic mass is 16.7. The lowest BCUT2D eigenvalue weighted by Gasteiger charge is -2.32. The zero-order chi connectivity index (χ0) is 16.4. The van der Waals surface area contributed by atoms with Gasteiger partial charge >= 0.3 is 0 Å². The fourth-order valence-corrected chi connectivity index (χ4v) is 3.71. The van der Waals surface area contributed by atoms with Crippen LogP contribution in [-0.4, -0.2) is 41.5 Å². The number of rotatable bonds is 5. The molecule has 1 fully saturated rings. The first-order chi connectivity index (χ1) is 11.8. The van der Waals surface area contributed by atoms with Gasteiger partial charge in [0.25, 0.3) is 0 Å². The number of hydrogen-bond acceptors (Lipinski definition) is 6. The van der Waals surface area contributed by atoms with E-state index < -0.39 is 0 Å². The maximum Gasteiger partial charge on any atom is 0.231 e. The molecule has 0 bridgehead atoms. The molecular weight excluding hydrogens is 306 g/mol. The lowest BCUT2D eigenvalue weighted by molar-refractivity contribution is 0.174. The van der Waals surface area contributed by atoms with Crippen molar-refractivity contribution in [2.45, 2.75) is 32.1 Å². The molecule has 0 spiro atoms. The summed E-state index contributed by atoms with van der Waals surface area (Å²) in [4.78, 5) is 6.74. The van der Waals surface area contributed by atoms with Crippen LogP contribution in [0.1, 0.15) is 37.1 Å². The molecular formula is C18H23N3O3. The molecule has 2 aliphatic heterocycles. The third-order valence-corrected chi connectivity index (χ3v) is 4.92. The van der Waals surface area contributed by atoms with Gasteiger partial charge in [-0.2, -0.15) is 4.98 Å². The topological polar surface area (TPSA) is 60.6 Å². The van der Waals surface area contributed by atoms with Crippen molar-refractivity contribution < 1.29 is 14.0 Å². The average Bonchev–Trinajstić information content (AvgIpc) is 3.26. The summed E-state index contributed by atoms with van der Waals surface area (Å²) in [6, 6.07) is 6.27. The Morgan fingerprint density at radius 1 is 1.21 bits per heavy atom. The largest absolute Gasteiger partial charge is 0.454 e. The maximum atomic E-state index is 5.47. The van der Waals surface area contributed by atoms with Gasteiger partial charge in [-0.25, -0.2) is 0 Å². The SMILES string of the molecule is CC(Cc1ccc2c(c1)OCO2)CN1CCC(c2ncon2)CC1. The van der Waals surface area contributed by atoms with E-state index in [2.05, 4.69) is 34.1 Å². The number of nitrogens with zero attached hydrogens (tertiary/aromatic N) is 3. The molecule has 0 saturated carbocycles. The minimum absolute atomic E-state index is 0.337. The van der Waals surface area contributed by atoms with Gasteiger partial charge in [-0.05, 0) is 56.0 Å². The van der Waals surface area contributed by atoms with Crippen molar-refractivity contribution in [3.63, 3.8) is 0 Å².